The van der Waals surface area contributed by atoms with Crippen molar-refractivity contribution in [3.8, 4) is 0 Å². The molecule has 1 saturated heterocycles. The van der Waals surface area contributed by atoms with Crippen LogP contribution in [0.4, 0.5) is 14.5 Å². The molecule has 3 rings (SSSR count). The Bertz CT molecular complexity index is 792. The van der Waals surface area contributed by atoms with Gasteiger partial charge in [-0.15, -0.1) is 11.3 Å². The molecule has 1 aromatic carbocycles. The molecule has 9 heteroatoms. The summed E-state index contributed by atoms with van der Waals surface area (Å²) in [5.74, 6) is -2.59. The summed E-state index contributed by atoms with van der Waals surface area (Å²) in [7, 11) is 0. The standard InChI is InChI=1S/C19H21F2N3O2S2/c1-13(17(25)22-14-4-6-15(7-5-14)28-19(20)21)23-8-10-24(11-9-23)18(26)16-3-2-12-27-16/h2-7,12-13,19H,8-11H2,1H3,(H,22,25)/t13-/m1/s1. The predicted molar refractivity (Wildman–Crippen MR) is 108 cm³/mol. The molecule has 1 fully saturated rings. The molecule has 1 aliphatic heterocycles. The Labute approximate surface area is 170 Å². The van der Waals surface area contributed by atoms with Gasteiger partial charge in [0.2, 0.25) is 5.91 Å². The van der Waals surface area contributed by atoms with E-state index in [1.807, 2.05) is 34.2 Å². The van der Waals surface area contributed by atoms with Gasteiger partial charge in [0.1, 0.15) is 0 Å². The van der Waals surface area contributed by atoms with Crippen molar-refractivity contribution in [2.75, 3.05) is 31.5 Å². The number of rotatable bonds is 6. The Morgan fingerprint density at radius 1 is 1.11 bits per heavy atom. The third-order valence-corrected chi connectivity index (χ3v) is 6.19. The van der Waals surface area contributed by atoms with Crippen molar-refractivity contribution in [2.24, 2.45) is 0 Å². The van der Waals surface area contributed by atoms with Crippen LogP contribution < -0.4 is 5.32 Å². The number of nitrogens with zero attached hydrogens (tertiary/aromatic N) is 2. The highest BCUT2D eigenvalue weighted by molar-refractivity contribution is 7.99. The number of carbonyl (C=O) groups excluding carboxylic acids is 2. The average molecular weight is 426 g/mol. The Hall–Kier alpha value is -1.97. The second-order valence-corrected chi connectivity index (χ2v) is 8.38. The number of hydrogen-bond donors (Lipinski definition) is 1. The molecule has 1 N–H and O–H groups in total. The maximum Gasteiger partial charge on any atom is 0.288 e. The lowest BCUT2D eigenvalue weighted by Crippen LogP contribution is -2.53. The number of benzene rings is 1. The molecular formula is C19H21F2N3O2S2. The quantitative estimate of drug-likeness (QED) is 0.715. The summed E-state index contributed by atoms with van der Waals surface area (Å²) in [6, 6.07) is 9.69. The Morgan fingerprint density at radius 2 is 1.79 bits per heavy atom. The second-order valence-electron chi connectivity index (χ2n) is 6.37. The van der Waals surface area contributed by atoms with Gasteiger partial charge in [0.05, 0.1) is 10.9 Å². The minimum Gasteiger partial charge on any atom is -0.335 e. The molecule has 1 atom stereocenters. The molecule has 2 aromatic rings. The number of anilines is 1. The third kappa shape index (κ3) is 5.30. The molecule has 0 aliphatic carbocycles. The van der Waals surface area contributed by atoms with E-state index in [0.717, 1.165) is 4.88 Å². The fourth-order valence-electron chi connectivity index (χ4n) is 3.00. The molecule has 1 aliphatic rings. The van der Waals surface area contributed by atoms with E-state index in [4.69, 9.17) is 0 Å². The summed E-state index contributed by atoms with van der Waals surface area (Å²) >= 11 is 1.90. The van der Waals surface area contributed by atoms with Gasteiger partial charge >= 0.3 is 0 Å². The highest BCUT2D eigenvalue weighted by Crippen LogP contribution is 2.26. The fourth-order valence-corrected chi connectivity index (χ4v) is 4.19. The minimum atomic E-state index is -2.47. The Morgan fingerprint density at radius 3 is 2.36 bits per heavy atom. The van der Waals surface area contributed by atoms with Crippen LogP contribution in [0.1, 0.15) is 16.6 Å². The van der Waals surface area contributed by atoms with Crippen molar-refractivity contribution in [1.82, 2.24) is 9.80 Å². The SMILES string of the molecule is C[C@H](C(=O)Nc1ccc(SC(F)F)cc1)N1CCN(C(=O)c2cccs2)CC1. The van der Waals surface area contributed by atoms with Crippen molar-refractivity contribution in [2.45, 2.75) is 23.6 Å². The first-order chi connectivity index (χ1) is 13.4. The zero-order chi connectivity index (χ0) is 20.1. The van der Waals surface area contributed by atoms with E-state index in [-0.39, 0.29) is 17.9 Å². The summed E-state index contributed by atoms with van der Waals surface area (Å²) in [5, 5.41) is 4.70. The number of halogens is 2. The molecule has 0 saturated carbocycles. The number of nitrogens with one attached hydrogen (secondary N) is 1. The molecule has 0 spiro atoms. The van der Waals surface area contributed by atoms with Crippen LogP contribution >= 0.6 is 23.1 Å². The van der Waals surface area contributed by atoms with Crippen LogP contribution in [0.5, 0.6) is 0 Å². The maximum atomic E-state index is 12.5. The van der Waals surface area contributed by atoms with E-state index in [2.05, 4.69) is 5.32 Å². The largest absolute Gasteiger partial charge is 0.335 e. The number of thiophene rings is 1. The van der Waals surface area contributed by atoms with Crippen molar-refractivity contribution in [3.63, 3.8) is 0 Å². The van der Waals surface area contributed by atoms with Crippen LogP contribution in [0.25, 0.3) is 0 Å². The Balaban J connectivity index is 1.49. The molecule has 0 bridgehead atoms. The lowest BCUT2D eigenvalue weighted by Gasteiger charge is -2.37. The average Bonchev–Trinajstić information content (AvgIpc) is 3.23. The molecule has 1 aromatic heterocycles. The van der Waals surface area contributed by atoms with Gasteiger partial charge in [0.15, 0.2) is 0 Å². The molecule has 0 unspecified atom stereocenters. The van der Waals surface area contributed by atoms with E-state index in [1.54, 1.807) is 24.3 Å². The summed E-state index contributed by atoms with van der Waals surface area (Å²) in [6.45, 7) is 4.22. The molecule has 0 radical (unpaired) electrons. The van der Waals surface area contributed by atoms with Gasteiger partial charge in [-0.3, -0.25) is 14.5 Å². The molecule has 5 nitrogen and oxygen atoms in total. The van der Waals surface area contributed by atoms with E-state index in [1.165, 1.54) is 11.3 Å². The van der Waals surface area contributed by atoms with Crippen LogP contribution in [0.3, 0.4) is 0 Å². The molecular weight excluding hydrogens is 404 g/mol. The van der Waals surface area contributed by atoms with Gasteiger partial charge in [-0.1, -0.05) is 17.8 Å². The summed E-state index contributed by atoms with van der Waals surface area (Å²) in [6.07, 6.45) is 0. The van der Waals surface area contributed by atoms with Crippen molar-refractivity contribution >= 4 is 40.6 Å². The number of piperazine rings is 1. The number of thioether (sulfide) groups is 1. The van der Waals surface area contributed by atoms with E-state index in [9.17, 15) is 18.4 Å². The zero-order valence-corrected chi connectivity index (χ0v) is 16.9. The first-order valence-electron chi connectivity index (χ1n) is 8.86. The lowest BCUT2D eigenvalue weighted by atomic mass is 10.2. The summed E-state index contributed by atoms with van der Waals surface area (Å²) in [5.41, 5.74) is 0.571. The highest BCUT2D eigenvalue weighted by atomic mass is 32.2. The first-order valence-corrected chi connectivity index (χ1v) is 10.6. The van der Waals surface area contributed by atoms with Crippen LogP contribution in [0.2, 0.25) is 0 Å². The summed E-state index contributed by atoms with van der Waals surface area (Å²) < 4.78 is 24.7. The van der Waals surface area contributed by atoms with Gasteiger partial charge in [0, 0.05) is 36.8 Å². The minimum absolute atomic E-state index is 0.0357. The van der Waals surface area contributed by atoms with E-state index < -0.39 is 5.76 Å². The number of alkyl halides is 2. The molecule has 2 amide bonds. The first kappa shape index (κ1) is 20.8. The number of hydrogen-bond acceptors (Lipinski definition) is 5. The van der Waals surface area contributed by atoms with Gasteiger partial charge < -0.3 is 10.2 Å². The van der Waals surface area contributed by atoms with E-state index in [0.29, 0.717) is 48.5 Å². The predicted octanol–water partition coefficient (Wildman–Crippen LogP) is 3.85. The second kappa shape index (κ2) is 9.49. The van der Waals surface area contributed by atoms with Crippen LogP contribution in [-0.4, -0.2) is 59.6 Å². The summed E-state index contributed by atoms with van der Waals surface area (Å²) in [4.78, 5) is 29.9. The number of amides is 2. The molecule has 2 heterocycles. The van der Waals surface area contributed by atoms with Crippen LogP contribution in [-0.2, 0) is 4.79 Å². The lowest BCUT2D eigenvalue weighted by molar-refractivity contribution is -0.121. The van der Waals surface area contributed by atoms with Crippen LogP contribution in [0.15, 0.2) is 46.7 Å². The monoisotopic (exact) mass is 425 g/mol. The molecule has 150 valence electrons. The van der Waals surface area contributed by atoms with Crippen LogP contribution in [0, 0.1) is 0 Å². The van der Waals surface area contributed by atoms with E-state index >= 15 is 0 Å². The number of carbonyl (C=O) groups is 2. The van der Waals surface area contributed by atoms with Gasteiger partial charge in [-0.2, -0.15) is 8.78 Å². The molecule has 28 heavy (non-hydrogen) atoms. The Kier molecular flexibility index (Phi) is 7.03. The zero-order valence-electron chi connectivity index (χ0n) is 15.3. The fraction of sp³-hybridized carbons (Fsp3) is 0.368. The maximum absolute atomic E-state index is 12.5. The van der Waals surface area contributed by atoms with Crippen molar-refractivity contribution in [1.29, 1.82) is 0 Å². The topological polar surface area (TPSA) is 52.7 Å². The highest BCUT2D eigenvalue weighted by Gasteiger charge is 2.28. The van der Waals surface area contributed by atoms with Gasteiger partial charge in [-0.25, -0.2) is 0 Å². The third-order valence-electron chi connectivity index (χ3n) is 4.61. The van der Waals surface area contributed by atoms with Gasteiger partial charge in [0.25, 0.3) is 11.7 Å². The smallest absolute Gasteiger partial charge is 0.288 e. The van der Waals surface area contributed by atoms with Crippen molar-refractivity contribution < 1.29 is 18.4 Å². The van der Waals surface area contributed by atoms with Gasteiger partial charge in [-0.05, 0) is 42.6 Å². The normalized spacial score (nSPS) is 16.2. The van der Waals surface area contributed by atoms with Crippen molar-refractivity contribution in [3.05, 3.63) is 46.7 Å².